The van der Waals surface area contributed by atoms with Crippen molar-refractivity contribution >= 4 is 27.5 Å². The van der Waals surface area contributed by atoms with Gasteiger partial charge in [0, 0.05) is 24.7 Å². The first-order valence-electron chi connectivity index (χ1n) is 8.58. The summed E-state index contributed by atoms with van der Waals surface area (Å²) >= 11 is 5.80. The molecule has 28 heavy (non-hydrogen) atoms. The highest BCUT2D eigenvalue weighted by Crippen LogP contribution is 2.28. The lowest BCUT2D eigenvalue weighted by Crippen LogP contribution is -2.59. The van der Waals surface area contributed by atoms with Gasteiger partial charge in [0.05, 0.1) is 19.1 Å². The Hall–Kier alpha value is -2.45. The second-order valence-corrected chi connectivity index (χ2v) is 9.04. The summed E-state index contributed by atoms with van der Waals surface area (Å²) in [6.07, 6.45) is 0. The lowest BCUT2D eigenvalue weighted by molar-refractivity contribution is 0.168. The Balaban J connectivity index is 1.54. The lowest BCUT2D eigenvalue weighted by atomic mass is 10.2. The van der Waals surface area contributed by atoms with Gasteiger partial charge in [-0.05, 0) is 42.0 Å². The maximum Gasteiger partial charge on any atom is 0.317 e. The van der Waals surface area contributed by atoms with Crippen LogP contribution in [0.2, 0.25) is 5.02 Å². The van der Waals surface area contributed by atoms with Crippen molar-refractivity contribution in [2.75, 3.05) is 27.3 Å². The molecule has 0 radical (unpaired) electrons. The topological polar surface area (TPSA) is 84.9 Å². The van der Waals surface area contributed by atoms with Gasteiger partial charge < -0.3 is 19.7 Å². The van der Waals surface area contributed by atoms with E-state index in [0.29, 0.717) is 23.1 Å². The first kappa shape index (κ1) is 20.3. The van der Waals surface area contributed by atoms with E-state index in [0.717, 1.165) is 5.56 Å². The molecule has 0 aliphatic carbocycles. The van der Waals surface area contributed by atoms with Crippen LogP contribution in [0.4, 0.5) is 4.79 Å². The Labute approximate surface area is 169 Å². The molecule has 0 aromatic heterocycles. The summed E-state index contributed by atoms with van der Waals surface area (Å²) in [5.74, 6) is 1.18. The van der Waals surface area contributed by atoms with E-state index in [-0.39, 0.29) is 24.0 Å². The number of urea groups is 1. The van der Waals surface area contributed by atoms with Crippen LogP contribution in [0.25, 0.3) is 0 Å². The van der Waals surface area contributed by atoms with Gasteiger partial charge in [0.15, 0.2) is 21.3 Å². The number of sulfone groups is 1. The maximum atomic E-state index is 12.6. The van der Waals surface area contributed by atoms with Gasteiger partial charge in [-0.15, -0.1) is 0 Å². The summed E-state index contributed by atoms with van der Waals surface area (Å²) in [6.45, 7) is 0.607. The lowest BCUT2D eigenvalue weighted by Gasteiger charge is -2.38. The van der Waals surface area contributed by atoms with E-state index in [1.165, 1.54) is 17.0 Å². The molecule has 2 amide bonds. The van der Waals surface area contributed by atoms with Crippen LogP contribution in [0.3, 0.4) is 0 Å². The number of nitrogens with zero attached hydrogens (tertiary/aromatic N) is 1. The van der Waals surface area contributed by atoms with E-state index in [1.54, 1.807) is 38.5 Å². The first-order chi connectivity index (χ1) is 13.3. The highest BCUT2D eigenvalue weighted by atomic mass is 35.5. The van der Waals surface area contributed by atoms with Gasteiger partial charge in [0.1, 0.15) is 5.25 Å². The highest BCUT2D eigenvalue weighted by molar-refractivity contribution is 7.92. The number of carbonyl (C=O) groups is 1. The molecule has 1 saturated heterocycles. The van der Waals surface area contributed by atoms with Crippen LogP contribution < -0.4 is 14.8 Å². The zero-order valence-corrected chi connectivity index (χ0v) is 17.1. The van der Waals surface area contributed by atoms with Crippen molar-refractivity contribution in [1.82, 2.24) is 10.2 Å². The molecule has 150 valence electrons. The molecule has 9 heteroatoms. The number of hydrogen-bond donors (Lipinski definition) is 1. The fraction of sp³-hybridized carbons (Fsp3) is 0.316. The van der Waals surface area contributed by atoms with Crippen LogP contribution >= 0.6 is 11.6 Å². The van der Waals surface area contributed by atoms with E-state index < -0.39 is 15.1 Å². The molecular weight excluding hydrogens is 404 g/mol. The number of methoxy groups -OCH3 is 2. The second kappa shape index (κ2) is 8.28. The second-order valence-electron chi connectivity index (χ2n) is 6.37. The van der Waals surface area contributed by atoms with Crippen molar-refractivity contribution in [3.63, 3.8) is 0 Å². The smallest absolute Gasteiger partial charge is 0.317 e. The average molecular weight is 425 g/mol. The fourth-order valence-corrected chi connectivity index (χ4v) is 4.68. The largest absolute Gasteiger partial charge is 0.493 e. The number of rotatable bonds is 6. The summed E-state index contributed by atoms with van der Waals surface area (Å²) in [7, 11) is -0.384. The van der Waals surface area contributed by atoms with Gasteiger partial charge in [-0.2, -0.15) is 0 Å². The number of hydrogen-bond acceptors (Lipinski definition) is 5. The maximum absolute atomic E-state index is 12.6. The van der Waals surface area contributed by atoms with E-state index in [4.69, 9.17) is 21.1 Å². The summed E-state index contributed by atoms with van der Waals surface area (Å²) < 4.78 is 35.6. The van der Waals surface area contributed by atoms with Gasteiger partial charge in [-0.25, -0.2) is 13.2 Å². The number of benzene rings is 2. The molecule has 0 spiro atoms. The molecule has 0 bridgehead atoms. The van der Waals surface area contributed by atoms with Crippen molar-refractivity contribution in [3.05, 3.63) is 53.1 Å². The Morgan fingerprint density at radius 3 is 2.36 bits per heavy atom. The van der Waals surface area contributed by atoms with E-state index in [9.17, 15) is 13.2 Å². The molecule has 2 aromatic rings. The van der Waals surface area contributed by atoms with E-state index >= 15 is 0 Å². The minimum absolute atomic E-state index is 0.155. The Kier molecular flexibility index (Phi) is 6.00. The Morgan fingerprint density at radius 2 is 1.75 bits per heavy atom. The van der Waals surface area contributed by atoms with E-state index in [1.807, 2.05) is 6.07 Å². The van der Waals surface area contributed by atoms with Crippen LogP contribution in [0.1, 0.15) is 5.56 Å². The molecule has 1 fully saturated rings. The number of ether oxygens (including phenoxy) is 2. The first-order valence-corrected chi connectivity index (χ1v) is 10.5. The van der Waals surface area contributed by atoms with Crippen molar-refractivity contribution in [2.24, 2.45) is 0 Å². The van der Waals surface area contributed by atoms with Gasteiger partial charge in [-0.1, -0.05) is 17.7 Å². The molecule has 1 N–H and O–H groups in total. The van der Waals surface area contributed by atoms with Crippen molar-refractivity contribution < 1.29 is 22.7 Å². The summed E-state index contributed by atoms with van der Waals surface area (Å²) in [6, 6.07) is 11.1. The highest BCUT2D eigenvalue weighted by Gasteiger charge is 2.40. The molecular formula is C19H21ClN2O5S. The van der Waals surface area contributed by atoms with Gasteiger partial charge >= 0.3 is 6.03 Å². The SMILES string of the molecule is COc1ccc(CNC(=O)N2CC(S(=O)(=O)c3ccc(Cl)cc3)C2)cc1OC. The van der Waals surface area contributed by atoms with Gasteiger partial charge in [-0.3, -0.25) is 0 Å². The normalized spacial score (nSPS) is 14.3. The number of nitrogens with one attached hydrogen (secondary N) is 1. The molecule has 1 aliphatic heterocycles. The van der Waals surface area contributed by atoms with Crippen molar-refractivity contribution in [3.8, 4) is 11.5 Å². The number of likely N-dealkylation sites (tertiary alicyclic amines) is 1. The Morgan fingerprint density at radius 1 is 1.11 bits per heavy atom. The predicted molar refractivity (Wildman–Crippen MR) is 106 cm³/mol. The average Bonchev–Trinajstić information content (AvgIpc) is 2.65. The molecule has 1 aliphatic rings. The molecule has 2 aromatic carbocycles. The number of carbonyl (C=O) groups excluding carboxylic acids is 1. The molecule has 1 heterocycles. The minimum atomic E-state index is -3.48. The molecule has 0 atom stereocenters. The van der Waals surface area contributed by atoms with Crippen LogP contribution in [0.5, 0.6) is 11.5 Å². The summed E-state index contributed by atoms with van der Waals surface area (Å²) in [5, 5.41) is 2.65. The molecule has 3 rings (SSSR count). The zero-order chi connectivity index (χ0) is 20.3. The van der Waals surface area contributed by atoms with Crippen molar-refractivity contribution in [1.29, 1.82) is 0 Å². The van der Waals surface area contributed by atoms with E-state index in [2.05, 4.69) is 5.32 Å². The fourth-order valence-electron chi connectivity index (χ4n) is 2.90. The number of halogens is 1. The minimum Gasteiger partial charge on any atom is -0.493 e. The van der Waals surface area contributed by atoms with Crippen LogP contribution in [-0.2, 0) is 16.4 Å². The van der Waals surface area contributed by atoms with Gasteiger partial charge in [0.2, 0.25) is 0 Å². The van der Waals surface area contributed by atoms with Gasteiger partial charge in [0.25, 0.3) is 0 Å². The van der Waals surface area contributed by atoms with Crippen LogP contribution in [0, 0.1) is 0 Å². The molecule has 0 saturated carbocycles. The third-order valence-electron chi connectivity index (χ3n) is 4.61. The quantitative estimate of drug-likeness (QED) is 0.770. The third-order valence-corrected chi connectivity index (χ3v) is 6.96. The monoisotopic (exact) mass is 424 g/mol. The molecule has 0 unspecified atom stereocenters. The molecule has 7 nitrogen and oxygen atoms in total. The zero-order valence-electron chi connectivity index (χ0n) is 15.5. The van der Waals surface area contributed by atoms with Crippen LogP contribution in [-0.4, -0.2) is 51.9 Å². The predicted octanol–water partition coefficient (Wildman–Crippen LogP) is 2.72. The standard InChI is InChI=1S/C19H21ClN2O5S/c1-26-17-8-3-13(9-18(17)27-2)10-21-19(23)22-11-16(12-22)28(24,25)15-6-4-14(20)5-7-15/h3-9,16H,10-12H2,1-2H3,(H,21,23). The number of amides is 2. The van der Waals surface area contributed by atoms with Crippen molar-refractivity contribution in [2.45, 2.75) is 16.7 Å². The van der Waals surface area contributed by atoms with Crippen LogP contribution in [0.15, 0.2) is 47.4 Å². The summed E-state index contributed by atoms with van der Waals surface area (Å²) in [5.41, 5.74) is 0.844. The third kappa shape index (κ3) is 4.18. The Bertz CT molecular complexity index is 957. The summed E-state index contributed by atoms with van der Waals surface area (Å²) in [4.78, 5) is 14.0.